The summed E-state index contributed by atoms with van der Waals surface area (Å²) < 4.78 is 115. The van der Waals surface area contributed by atoms with Crippen LogP contribution in [0.4, 0.5) is 39.5 Å². The molecule has 0 bridgehead atoms. The molecule has 0 unspecified atom stereocenters. The Morgan fingerprint density at radius 3 is 1.41 bits per heavy atom. The van der Waals surface area contributed by atoms with Gasteiger partial charge >= 0.3 is 24.3 Å². The van der Waals surface area contributed by atoms with Gasteiger partial charge in [-0.25, -0.2) is 9.13 Å². The van der Waals surface area contributed by atoms with E-state index in [9.17, 15) is 39.5 Å². The highest BCUT2D eigenvalue weighted by molar-refractivity contribution is 4.94. The minimum absolute atomic E-state index is 1.91. The summed E-state index contributed by atoms with van der Waals surface area (Å²) in [6.45, 7) is -3.95. The lowest BCUT2D eigenvalue weighted by atomic mass is 10.2. The number of hydrogen-bond donors (Lipinski definition) is 0. The Bertz CT molecular complexity index is 278. The van der Waals surface area contributed by atoms with Gasteiger partial charge in [-0.05, 0) is 0 Å². The second-order valence-electron chi connectivity index (χ2n) is 3.06. The van der Waals surface area contributed by atoms with Crippen LogP contribution < -0.4 is 0 Å². The van der Waals surface area contributed by atoms with Crippen molar-refractivity contribution in [2.75, 3.05) is 13.2 Å². The van der Waals surface area contributed by atoms with Gasteiger partial charge in [-0.3, -0.25) is 0 Å². The fourth-order valence-corrected chi connectivity index (χ4v) is 1.14. The summed E-state index contributed by atoms with van der Waals surface area (Å²) in [5, 5.41) is 0. The van der Waals surface area contributed by atoms with E-state index in [1.807, 2.05) is 0 Å². The number of morpholine rings is 1. The fourth-order valence-electron chi connectivity index (χ4n) is 1.14. The van der Waals surface area contributed by atoms with Crippen molar-refractivity contribution >= 4 is 0 Å². The van der Waals surface area contributed by atoms with Gasteiger partial charge in [0.05, 0.1) is 0 Å². The summed E-state index contributed by atoms with van der Waals surface area (Å²) in [5.74, 6) is 0. The van der Waals surface area contributed by atoms with Crippen LogP contribution in [0.1, 0.15) is 0 Å². The highest BCUT2D eigenvalue weighted by atomic mass is 19.4. The Morgan fingerprint density at radius 1 is 0.765 bits per heavy atom. The van der Waals surface area contributed by atoms with E-state index in [0.29, 0.717) is 0 Å². The summed E-state index contributed by atoms with van der Waals surface area (Å²) in [6.07, 6.45) is -11.7. The van der Waals surface area contributed by atoms with Gasteiger partial charge in [-0.15, -0.1) is 0 Å². The van der Waals surface area contributed by atoms with Crippen LogP contribution >= 0.6 is 0 Å². The quantitative estimate of drug-likeness (QED) is 0.568. The zero-order valence-electron chi connectivity index (χ0n) is 7.67. The molecular weight excluding hydrogens is 273 g/mol. The van der Waals surface area contributed by atoms with Crippen LogP contribution in [-0.4, -0.2) is 42.4 Å². The van der Waals surface area contributed by atoms with Gasteiger partial charge in [0.2, 0.25) is 0 Å². The molecule has 0 atom stereocenters. The van der Waals surface area contributed by atoms with Crippen molar-refractivity contribution in [3.63, 3.8) is 0 Å². The Labute approximate surface area is 87.9 Å². The molecule has 0 amide bonds. The molecular formula is C6H4F9NO. The molecule has 0 spiro atoms. The Balaban J connectivity index is 3.27. The van der Waals surface area contributed by atoms with E-state index in [4.69, 9.17) is 0 Å². The zero-order chi connectivity index (χ0) is 13.7. The Hall–Kier alpha value is -0.710. The molecule has 0 aromatic carbocycles. The molecule has 0 aromatic heterocycles. The summed E-state index contributed by atoms with van der Waals surface area (Å²) >= 11 is 0. The third-order valence-electron chi connectivity index (χ3n) is 1.94. The minimum atomic E-state index is -5.87. The average molecular weight is 277 g/mol. The van der Waals surface area contributed by atoms with Gasteiger partial charge in [0.15, 0.2) is 0 Å². The molecule has 1 rings (SSSR count). The van der Waals surface area contributed by atoms with Crippen molar-refractivity contribution in [1.82, 2.24) is 4.90 Å². The van der Waals surface area contributed by atoms with Crippen LogP contribution in [0.2, 0.25) is 0 Å². The van der Waals surface area contributed by atoms with Crippen molar-refractivity contribution < 1.29 is 44.3 Å². The van der Waals surface area contributed by atoms with Crippen LogP contribution in [0.25, 0.3) is 0 Å². The van der Waals surface area contributed by atoms with E-state index in [1.54, 1.807) is 0 Å². The number of hydrogen-bond acceptors (Lipinski definition) is 2. The second kappa shape index (κ2) is 3.64. The highest BCUT2D eigenvalue weighted by Crippen LogP contribution is 2.55. The zero-order valence-corrected chi connectivity index (χ0v) is 7.67. The van der Waals surface area contributed by atoms with Gasteiger partial charge < -0.3 is 0 Å². The molecule has 17 heavy (non-hydrogen) atoms. The predicted octanol–water partition coefficient (Wildman–Crippen LogP) is 2.66. The first-order valence-corrected chi connectivity index (χ1v) is 3.95. The van der Waals surface area contributed by atoms with Crippen LogP contribution in [0.15, 0.2) is 0 Å². The first-order chi connectivity index (χ1) is 7.40. The largest absolute Gasteiger partial charge is 0.439 e. The summed E-state index contributed by atoms with van der Waals surface area (Å²) in [4.78, 5) is -1.91. The molecule has 0 saturated carbocycles. The molecule has 1 saturated heterocycles. The van der Waals surface area contributed by atoms with Crippen LogP contribution in [0.3, 0.4) is 0 Å². The molecule has 0 aromatic rings. The summed E-state index contributed by atoms with van der Waals surface area (Å²) in [7, 11) is 0. The van der Waals surface area contributed by atoms with Crippen molar-refractivity contribution in [3.8, 4) is 0 Å². The van der Waals surface area contributed by atoms with E-state index in [-0.39, 0.29) is 0 Å². The maximum Gasteiger partial charge on any atom is 0.439 e. The monoisotopic (exact) mass is 277 g/mol. The van der Waals surface area contributed by atoms with E-state index in [2.05, 4.69) is 4.74 Å². The van der Waals surface area contributed by atoms with Gasteiger partial charge in [0, 0.05) is 6.54 Å². The minimum Gasteiger partial charge on any atom is -0.250 e. The van der Waals surface area contributed by atoms with E-state index in [1.165, 1.54) is 0 Å². The number of rotatable bonds is 2. The van der Waals surface area contributed by atoms with E-state index in [0.717, 1.165) is 0 Å². The SMILES string of the molecule is FCCN1C(F)(F)C(F)(F)OC(F)(F)C1(F)F. The third-order valence-corrected chi connectivity index (χ3v) is 1.94. The van der Waals surface area contributed by atoms with Gasteiger partial charge in [-0.1, -0.05) is 0 Å². The lowest BCUT2D eigenvalue weighted by Gasteiger charge is -2.46. The standard InChI is InChI=1S/C6H4F9NO/c7-1-2-16-3(8,9)5(12,13)17-6(14,15)4(16,10)11/h1-2H2. The number of alkyl halides is 9. The molecule has 0 aliphatic carbocycles. The molecule has 102 valence electrons. The predicted molar refractivity (Wildman–Crippen MR) is 33.6 cm³/mol. The Kier molecular flexibility index (Phi) is 3.07. The van der Waals surface area contributed by atoms with Crippen LogP contribution in [0.5, 0.6) is 0 Å². The van der Waals surface area contributed by atoms with Crippen molar-refractivity contribution in [2.24, 2.45) is 0 Å². The third kappa shape index (κ3) is 1.84. The fraction of sp³-hybridized carbons (Fsp3) is 1.00. The highest BCUT2D eigenvalue weighted by Gasteiger charge is 2.82. The number of halogens is 9. The van der Waals surface area contributed by atoms with Crippen molar-refractivity contribution in [2.45, 2.75) is 24.3 Å². The maximum absolute atomic E-state index is 12.7. The summed E-state index contributed by atoms with van der Waals surface area (Å²) in [5.41, 5.74) is 0. The number of nitrogens with zero attached hydrogens (tertiary/aromatic N) is 1. The van der Waals surface area contributed by atoms with Gasteiger partial charge in [0.25, 0.3) is 0 Å². The molecule has 1 heterocycles. The first kappa shape index (κ1) is 14.4. The summed E-state index contributed by atoms with van der Waals surface area (Å²) in [6, 6.07) is -11.5. The molecule has 1 aliphatic heterocycles. The lowest BCUT2D eigenvalue weighted by molar-refractivity contribution is -0.562. The normalized spacial score (nSPS) is 30.2. The smallest absolute Gasteiger partial charge is 0.250 e. The van der Waals surface area contributed by atoms with Crippen molar-refractivity contribution in [3.05, 3.63) is 0 Å². The van der Waals surface area contributed by atoms with Gasteiger partial charge in [0.1, 0.15) is 6.67 Å². The van der Waals surface area contributed by atoms with E-state index < -0.39 is 42.4 Å². The van der Waals surface area contributed by atoms with Crippen molar-refractivity contribution in [1.29, 1.82) is 0 Å². The topological polar surface area (TPSA) is 12.5 Å². The lowest BCUT2D eigenvalue weighted by Crippen LogP contribution is -2.74. The van der Waals surface area contributed by atoms with Gasteiger partial charge in [-0.2, -0.15) is 40.0 Å². The second-order valence-corrected chi connectivity index (χ2v) is 3.06. The molecule has 1 aliphatic rings. The maximum atomic E-state index is 12.7. The molecule has 0 radical (unpaired) electrons. The molecule has 11 heteroatoms. The number of ether oxygens (including phenoxy) is 1. The molecule has 1 fully saturated rings. The molecule has 2 nitrogen and oxygen atoms in total. The average Bonchev–Trinajstić information content (AvgIpc) is 2.09. The van der Waals surface area contributed by atoms with Crippen LogP contribution in [-0.2, 0) is 4.74 Å². The Morgan fingerprint density at radius 2 is 1.12 bits per heavy atom. The van der Waals surface area contributed by atoms with E-state index >= 15 is 0 Å². The molecule has 0 N–H and O–H groups in total. The van der Waals surface area contributed by atoms with Crippen LogP contribution in [0, 0.1) is 0 Å². The first-order valence-electron chi connectivity index (χ1n) is 3.95.